The highest BCUT2D eigenvalue weighted by atomic mass is 32.1. The van der Waals surface area contributed by atoms with Crippen LogP contribution in [0.2, 0.25) is 0 Å². The van der Waals surface area contributed by atoms with Gasteiger partial charge in [0.05, 0.1) is 18.5 Å². The monoisotopic (exact) mass is 693 g/mol. The Balaban J connectivity index is 1.01. The first-order valence-corrected chi connectivity index (χ1v) is 19.0. The predicted molar refractivity (Wildman–Crippen MR) is 215 cm³/mol. The molecular formula is C45H31N3OS2. The molecule has 0 aliphatic carbocycles. The van der Waals surface area contributed by atoms with E-state index in [0.29, 0.717) is 0 Å². The van der Waals surface area contributed by atoms with Crippen molar-refractivity contribution in [2.75, 3.05) is 0 Å². The number of thiophene rings is 2. The molecule has 1 saturated heterocycles. The van der Waals surface area contributed by atoms with Gasteiger partial charge in [-0.2, -0.15) is 0 Å². The molecule has 7 aromatic carbocycles. The molecule has 0 amide bonds. The van der Waals surface area contributed by atoms with Crippen molar-refractivity contribution in [2.24, 2.45) is 0 Å². The van der Waals surface area contributed by atoms with Gasteiger partial charge in [-0.1, -0.05) is 121 Å². The number of para-hydroxylation sites is 1. The maximum atomic E-state index is 6.83. The number of nitrogens with one attached hydrogen (secondary N) is 3. The Labute approximate surface area is 302 Å². The van der Waals surface area contributed by atoms with Crippen molar-refractivity contribution in [1.29, 1.82) is 0 Å². The van der Waals surface area contributed by atoms with Crippen molar-refractivity contribution >= 4 is 85.0 Å². The van der Waals surface area contributed by atoms with Crippen molar-refractivity contribution in [3.63, 3.8) is 0 Å². The molecule has 51 heavy (non-hydrogen) atoms. The summed E-state index contributed by atoms with van der Waals surface area (Å²) in [7, 11) is 0. The van der Waals surface area contributed by atoms with Gasteiger partial charge >= 0.3 is 0 Å². The number of rotatable bonds is 4. The maximum Gasteiger partial charge on any atom is 0.143 e. The first-order valence-electron chi connectivity index (χ1n) is 17.4. The normalized spacial score (nSPS) is 18.2. The predicted octanol–water partition coefficient (Wildman–Crippen LogP) is 12.2. The molecule has 0 radical (unpaired) electrons. The molecule has 10 aromatic rings. The number of hydrogen-bond acceptors (Lipinski definition) is 6. The minimum absolute atomic E-state index is 0.0582. The molecule has 4 nitrogen and oxygen atoms in total. The number of hydrogen-bond donors (Lipinski definition) is 3. The largest absolute Gasteiger partial charge is 0.455 e. The lowest BCUT2D eigenvalue weighted by Gasteiger charge is -2.39. The van der Waals surface area contributed by atoms with Gasteiger partial charge in [-0.05, 0) is 47.0 Å². The van der Waals surface area contributed by atoms with Crippen LogP contribution in [0.1, 0.15) is 35.2 Å². The highest BCUT2D eigenvalue weighted by Gasteiger charge is 2.30. The molecule has 0 saturated carbocycles. The van der Waals surface area contributed by atoms with Crippen LogP contribution >= 0.6 is 22.7 Å². The van der Waals surface area contributed by atoms with Gasteiger partial charge in [-0.25, -0.2) is 0 Å². The van der Waals surface area contributed by atoms with Crippen LogP contribution < -0.4 is 16.0 Å². The van der Waals surface area contributed by atoms with Gasteiger partial charge in [0, 0.05) is 62.2 Å². The van der Waals surface area contributed by atoms with E-state index < -0.39 is 0 Å². The van der Waals surface area contributed by atoms with E-state index in [1.54, 1.807) is 0 Å². The SMILES string of the molecule is c1ccc(C2NC(c3ccc4c(c3)oc3c(-c5cccc6c5sc5ccccc56)cccc34)NC(c3ccc4sc5ccccc5c4c3)N2)cc1. The topological polar surface area (TPSA) is 49.2 Å². The van der Waals surface area contributed by atoms with E-state index in [0.717, 1.165) is 33.1 Å². The number of benzene rings is 7. The third-order valence-electron chi connectivity index (χ3n) is 10.4. The zero-order valence-electron chi connectivity index (χ0n) is 27.4. The zero-order chi connectivity index (χ0) is 33.5. The average molecular weight is 694 g/mol. The van der Waals surface area contributed by atoms with Crippen LogP contribution in [0.15, 0.2) is 156 Å². The Morgan fingerprint density at radius 3 is 1.78 bits per heavy atom. The van der Waals surface area contributed by atoms with Crippen molar-refractivity contribution in [3.8, 4) is 11.1 Å². The standard InChI is InChI=1S/C45H31N3OS2/c1-2-10-26(11-3-1)43-46-44(27-21-23-40-36(24-27)31-13-5-6-18-38(31)50-40)48-45(47-43)28-20-22-29-32-14-8-15-33(41(32)49-37(29)25-28)35-17-9-16-34-30-12-4-7-19-39(30)51-42(34)35/h1-25,43-48H. The number of fused-ring (bicyclic) bond motifs is 9. The fraction of sp³-hybridized carbons (Fsp3) is 0.0667. The van der Waals surface area contributed by atoms with E-state index in [1.807, 2.05) is 22.7 Å². The molecular weight excluding hydrogens is 663 g/mol. The Morgan fingerprint density at radius 1 is 0.392 bits per heavy atom. The zero-order valence-corrected chi connectivity index (χ0v) is 29.0. The number of furan rings is 1. The third kappa shape index (κ3) is 4.76. The first-order chi connectivity index (χ1) is 25.2. The Hall–Kier alpha value is -5.34. The van der Waals surface area contributed by atoms with E-state index in [9.17, 15) is 0 Å². The van der Waals surface area contributed by atoms with Crippen LogP contribution in [-0.4, -0.2) is 0 Å². The molecule has 0 bridgehead atoms. The second kappa shape index (κ2) is 11.6. The second-order valence-corrected chi connectivity index (χ2v) is 15.5. The van der Waals surface area contributed by atoms with Crippen LogP contribution in [0.4, 0.5) is 0 Å². The quantitative estimate of drug-likeness (QED) is 0.172. The van der Waals surface area contributed by atoms with Gasteiger partial charge in [0.2, 0.25) is 0 Å². The van der Waals surface area contributed by atoms with Crippen LogP contribution in [0.5, 0.6) is 0 Å². The molecule has 11 rings (SSSR count). The van der Waals surface area contributed by atoms with Crippen LogP contribution in [0.25, 0.3) is 73.4 Å². The average Bonchev–Trinajstić information content (AvgIpc) is 3.89. The van der Waals surface area contributed by atoms with E-state index in [4.69, 9.17) is 4.42 Å². The van der Waals surface area contributed by atoms with Gasteiger partial charge in [0.1, 0.15) is 11.2 Å². The summed E-state index contributed by atoms with van der Waals surface area (Å²) >= 11 is 3.71. The summed E-state index contributed by atoms with van der Waals surface area (Å²) in [5, 5.41) is 19.1. The fourth-order valence-corrected chi connectivity index (χ4v) is 10.3. The van der Waals surface area contributed by atoms with Crippen molar-refractivity contribution in [1.82, 2.24) is 16.0 Å². The van der Waals surface area contributed by atoms with E-state index in [-0.39, 0.29) is 18.5 Å². The Morgan fingerprint density at radius 2 is 0.980 bits per heavy atom. The second-order valence-electron chi connectivity index (χ2n) is 13.4. The van der Waals surface area contributed by atoms with Gasteiger partial charge in [0.15, 0.2) is 0 Å². The smallest absolute Gasteiger partial charge is 0.143 e. The van der Waals surface area contributed by atoms with Gasteiger partial charge in [-0.15, -0.1) is 22.7 Å². The van der Waals surface area contributed by atoms with Crippen LogP contribution in [0, 0.1) is 0 Å². The summed E-state index contributed by atoms with van der Waals surface area (Å²) in [5.74, 6) is 0. The molecule has 0 spiro atoms. The molecule has 3 aromatic heterocycles. The molecule has 3 unspecified atom stereocenters. The first kappa shape index (κ1) is 29.4. The van der Waals surface area contributed by atoms with Gasteiger partial charge < -0.3 is 4.42 Å². The molecule has 4 heterocycles. The highest BCUT2D eigenvalue weighted by Crippen LogP contribution is 2.44. The van der Waals surface area contributed by atoms with Crippen LogP contribution in [0.3, 0.4) is 0 Å². The lowest BCUT2D eigenvalue weighted by Crippen LogP contribution is -2.54. The van der Waals surface area contributed by atoms with Crippen molar-refractivity contribution in [2.45, 2.75) is 18.5 Å². The summed E-state index contributed by atoms with van der Waals surface area (Å²) in [6, 6.07) is 54.7. The molecule has 1 fully saturated rings. The fourth-order valence-electron chi connectivity index (χ4n) is 7.96. The summed E-state index contributed by atoms with van der Waals surface area (Å²) in [6.07, 6.45) is -0.262. The highest BCUT2D eigenvalue weighted by molar-refractivity contribution is 7.26. The Kier molecular flexibility index (Phi) is 6.69. The molecule has 1 aliphatic heterocycles. The third-order valence-corrected chi connectivity index (χ3v) is 12.8. The summed E-state index contributed by atoms with van der Waals surface area (Å²) in [6.45, 7) is 0. The van der Waals surface area contributed by atoms with Gasteiger partial charge in [-0.3, -0.25) is 16.0 Å². The Bertz CT molecular complexity index is 2940. The van der Waals surface area contributed by atoms with E-state index in [1.165, 1.54) is 57.0 Å². The van der Waals surface area contributed by atoms with Crippen molar-refractivity contribution < 1.29 is 4.42 Å². The minimum atomic E-state index is -0.124. The lowest BCUT2D eigenvalue weighted by atomic mass is 9.99. The summed E-state index contributed by atoms with van der Waals surface area (Å²) in [5.41, 5.74) is 7.69. The lowest BCUT2D eigenvalue weighted by molar-refractivity contribution is 0.203. The molecule has 6 heteroatoms. The summed E-state index contributed by atoms with van der Waals surface area (Å²) < 4.78 is 12.1. The molecule has 1 aliphatic rings. The van der Waals surface area contributed by atoms with E-state index >= 15 is 0 Å². The van der Waals surface area contributed by atoms with Gasteiger partial charge in [0.25, 0.3) is 0 Å². The maximum absolute atomic E-state index is 6.83. The van der Waals surface area contributed by atoms with Crippen LogP contribution in [-0.2, 0) is 0 Å². The van der Waals surface area contributed by atoms with E-state index in [2.05, 4.69) is 168 Å². The summed E-state index contributed by atoms with van der Waals surface area (Å²) in [4.78, 5) is 0. The molecule has 3 atom stereocenters. The minimum Gasteiger partial charge on any atom is -0.455 e. The molecule has 244 valence electrons. The molecule has 3 N–H and O–H groups in total. The van der Waals surface area contributed by atoms with Crippen molar-refractivity contribution in [3.05, 3.63) is 168 Å².